The Morgan fingerprint density at radius 1 is 1.45 bits per heavy atom. The molecule has 2 heterocycles. The summed E-state index contributed by atoms with van der Waals surface area (Å²) in [5, 5.41) is 0. The minimum absolute atomic E-state index is 0.0413. The Morgan fingerprint density at radius 3 is 2.85 bits per heavy atom. The molecule has 6 heteroatoms. The Kier molecular flexibility index (Phi) is 4.89. The van der Waals surface area contributed by atoms with Crippen LogP contribution in [-0.4, -0.2) is 31.9 Å². The van der Waals surface area contributed by atoms with E-state index in [9.17, 15) is 4.79 Å². The van der Waals surface area contributed by atoms with Crippen molar-refractivity contribution in [2.45, 2.75) is 19.9 Å². The quantitative estimate of drug-likeness (QED) is 0.788. The summed E-state index contributed by atoms with van der Waals surface area (Å²) in [6.45, 7) is 3.32. The van der Waals surface area contributed by atoms with Gasteiger partial charge >= 0.3 is 0 Å². The second-order valence-corrected chi connectivity index (χ2v) is 5.45. The maximum absolute atomic E-state index is 12.5. The number of halogens is 1. The van der Waals surface area contributed by atoms with E-state index in [1.54, 1.807) is 23.3 Å². The number of carbonyl (C=O) groups is 1. The fraction of sp³-hybridized carbons (Fsp3) is 0.357. The number of amides is 1. The number of aryl methyl sites for hydroxylation is 1. The van der Waals surface area contributed by atoms with Crippen molar-refractivity contribution >= 4 is 21.8 Å². The van der Waals surface area contributed by atoms with Crippen LogP contribution >= 0.6 is 15.9 Å². The van der Waals surface area contributed by atoms with Crippen molar-refractivity contribution in [3.8, 4) is 0 Å². The molecule has 0 bridgehead atoms. The molecule has 2 aromatic heterocycles. The molecule has 0 aliphatic carbocycles. The number of carbonyl (C=O) groups excluding carboxylic acids is 1. The molecule has 0 unspecified atom stereocenters. The van der Waals surface area contributed by atoms with Crippen LogP contribution in [-0.2, 0) is 13.6 Å². The van der Waals surface area contributed by atoms with E-state index in [0.29, 0.717) is 18.8 Å². The third-order valence-corrected chi connectivity index (χ3v) is 3.30. The summed E-state index contributed by atoms with van der Waals surface area (Å²) in [6.07, 6.45) is 6.02. The van der Waals surface area contributed by atoms with E-state index in [-0.39, 0.29) is 5.91 Å². The summed E-state index contributed by atoms with van der Waals surface area (Å²) < 4.78 is 2.55. The predicted octanol–water partition coefficient (Wildman–Crippen LogP) is 2.63. The van der Waals surface area contributed by atoms with Gasteiger partial charge in [-0.15, -0.1) is 0 Å². The molecule has 0 N–H and O–H groups in total. The van der Waals surface area contributed by atoms with E-state index in [0.717, 1.165) is 16.6 Å². The molecule has 0 aliphatic rings. The van der Waals surface area contributed by atoms with Crippen molar-refractivity contribution < 1.29 is 4.79 Å². The van der Waals surface area contributed by atoms with Crippen molar-refractivity contribution in [3.63, 3.8) is 0 Å². The van der Waals surface area contributed by atoms with Crippen LogP contribution in [0.2, 0.25) is 0 Å². The van der Waals surface area contributed by atoms with E-state index in [2.05, 4.69) is 32.8 Å². The van der Waals surface area contributed by atoms with E-state index in [1.807, 2.05) is 24.1 Å². The molecule has 2 rings (SSSR count). The highest BCUT2D eigenvalue weighted by atomic mass is 79.9. The number of hydrogen-bond donors (Lipinski definition) is 0. The van der Waals surface area contributed by atoms with Gasteiger partial charge in [-0.25, -0.2) is 9.97 Å². The molecule has 106 valence electrons. The monoisotopic (exact) mass is 336 g/mol. The normalized spacial score (nSPS) is 10.6. The molecule has 0 fully saturated rings. The first kappa shape index (κ1) is 14.7. The Labute approximate surface area is 126 Å². The predicted molar refractivity (Wildman–Crippen MR) is 80.2 cm³/mol. The van der Waals surface area contributed by atoms with Gasteiger partial charge in [-0.1, -0.05) is 6.92 Å². The lowest BCUT2D eigenvalue weighted by Crippen LogP contribution is -2.31. The topological polar surface area (TPSA) is 51.0 Å². The van der Waals surface area contributed by atoms with Gasteiger partial charge in [0.05, 0.1) is 6.33 Å². The van der Waals surface area contributed by atoms with Crippen LogP contribution in [0.1, 0.15) is 29.4 Å². The maximum atomic E-state index is 12.5. The lowest BCUT2D eigenvalue weighted by atomic mass is 10.2. The van der Waals surface area contributed by atoms with Gasteiger partial charge < -0.3 is 9.47 Å². The fourth-order valence-corrected chi connectivity index (χ4v) is 2.38. The summed E-state index contributed by atoms with van der Waals surface area (Å²) in [6, 6.07) is 3.84. The van der Waals surface area contributed by atoms with Gasteiger partial charge in [-0.05, 0) is 40.0 Å². The van der Waals surface area contributed by atoms with Gasteiger partial charge in [0.15, 0.2) is 0 Å². The summed E-state index contributed by atoms with van der Waals surface area (Å²) in [5.74, 6) is -0.0413. The lowest BCUT2D eigenvalue weighted by Gasteiger charge is -2.21. The fourth-order valence-electron chi connectivity index (χ4n) is 1.97. The van der Waals surface area contributed by atoms with Crippen LogP contribution in [0.4, 0.5) is 0 Å². The van der Waals surface area contributed by atoms with Crippen molar-refractivity contribution in [3.05, 3.63) is 46.7 Å². The van der Waals surface area contributed by atoms with Gasteiger partial charge in [0.25, 0.3) is 5.91 Å². The van der Waals surface area contributed by atoms with Crippen molar-refractivity contribution in [1.29, 1.82) is 0 Å². The summed E-state index contributed by atoms with van der Waals surface area (Å²) >= 11 is 3.35. The largest absolute Gasteiger partial charge is 0.340 e. The molecule has 0 spiro atoms. The number of rotatable bonds is 5. The SMILES string of the molecule is CCCN(Cc1ccnc(Br)c1)C(=O)c1cn(C)cn1. The second-order valence-electron chi connectivity index (χ2n) is 4.64. The standard InChI is InChI=1S/C14H17BrN4O/c1-3-6-19(8-11-4-5-16-13(15)7-11)14(20)12-9-18(2)10-17-12/h4-5,7,9-10H,3,6,8H2,1-2H3. The number of imidazole rings is 1. The zero-order valence-corrected chi connectivity index (χ0v) is 13.2. The van der Waals surface area contributed by atoms with Gasteiger partial charge in [0.2, 0.25) is 0 Å². The van der Waals surface area contributed by atoms with Crippen molar-refractivity contribution in [1.82, 2.24) is 19.4 Å². The minimum atomic E-state index is -0.0413. The molecular formula is C14H17BrN4O. The number of nitrogens with zero attached hydrogens (tertiary/aromatic N) is 4. The van der Waals surface area contributed by atoms with E-state index >= 15 is 0 Å². The van der Waals surface area contributed by atoms with Gasteiger partial charge in [-0.3, -0.25) is 4.79 Å². The average Bonchev–Trinajstić information content (AvgIpc) is 2.84. The Balaban J connectivity index is 2.16. The molecule has 0 atom stereocenters. The molecule has 0 saturated carbocycles. The number of aromatic nitrogens is 3. The zero-order valence-electron chi connectivity index (χ0n) is 11.6. The summed E-state index contributed by atoms with van der Waals surface area (Å²) in [4.78, 5) is 22.5. The Hall–Kier alpha value is -1.69. The maximum Gasteiger partial charge on any atom is 0.274 e. The van der Waals surface area contributed by atoms with Gasteiger partial charge in [0.1, 0.15) is 10.3 Å². The minimum Gasteiger partial charge on any atom is -0.340 e. The lowest BCUT2D eigenvalue weighted by molar-refractivity contribution is 0.0737. The van der Waals surface area contributed by atoms with E-state index < -0.39 is 0 Å². The molecule has 5 nitrogen and oxygen atoms in total. The van der Waals surface area contributed by atoms with Gasteiger partial charge in [-0.2, -0.15) is 0 Å². The highest BCUT2D eigenvalue weighted by molar-refractivity contribution is 9.10. The van der Waals surface area contributed by atoms with Crippen LogP contribution in [0.5, 0.6) is 0 Å². The summed E-state index contributed by atoms with van der Waals surface area (Å²) in [5.41, 5.74) is 1.53. The first-order chi connectivity index (χ1) is 9.60. The van der Waals surface area contributed by atoms with E-state index in [1.165, 1.54) is 0 Å². The molecule has 0 radical (unpaired) electrons. The zero-order chi connectivity index (χ0) is 14.5. The molecule has 0 saturated heterocycles. The Bertz CT molecular complexity index is 596. The highest BCUT2D eigenvalue weighted by Gasteiger charge is 2.17. The third kappa shape index (κ3) is 3.66. The molecular weight excluding hydrogens is 320 g/mol. The van der Waals surface area contributed by atoms with Crippen LogP contribution in [0.25, 0.3) is 0 Å². The molecule has 1 amide bonds. The smallest absolute Gasteiger partial charge is 0.274 e. The molecule has 0 aromatic carbocycles. The van der Waals surface area contributed by atoms with Crippen molar-refractivity contribution in [2.24, 2.45) is 7.05 Å². The van der Waals surface area contributed by atoms with Crippen LogP contribution in [0, 0.1) is 0 Å². The van der Waals surface area contributed by atoms with Gasteiger partial charge in [0, 0.05) is 32.5 Å². The Morgan fingerprint density at radius 2 is 2.25 bits per heavy atom. The third-order valence-electron chi connectivity index (χ3n) is 2.87. The van der Waals surface area contributed by atoms with Crippen molar-refractivity contribution in [2.75, 3.05) is 6.54 Å². The molecule has 20 heavy (non-hydrogen) atoms. The summed E-state index contributed by atoms with van der Waals surface area (Å²) in [7, 11) is 1.86. The molecule has 2 aromatic rings. The molecule has 0 aliphatic heterocycles. The highest BCUT2D eigenvalue weighted by Crippen LogP contribution is 2.13. The van der Waals surface area contributed by atoms with Crippen LogP contribution in [0.3, 0.4) is 0 Å². The van der Waals surface area contributed by atoms with Crippen LogP contribution in [0.15, 0.2) is 35.5 Å². The number of hydrogen-bond acceptors (Lipinski definition) is 3. The average molecular weight is 337 g/mol. The second kappa shape index (κ2) is 6.65. The van der Waals surface area contributed by atoms with E-state index in [4.69, 9.17) is 0 Å². The van der Waals surface area contributed by atoms with Crippen LogP contribution < -0.4 is 0 Å². The number of pyridine rings is 1. The first-order valence-electron chi connectivity index (χ1n) is 6.48. The first-order valence-corrected chi connectivity index (χ1v) is 7.27.